The first-order valence-corrected chi connectivity index (χ1v) is 6.72. The van der Waals surface area contributed by atoms with E-state index in [-0.39, 0.29) is 5.91 Å². The highest BCUT2D eigenvalue weighted by Gasteiger charge is 2.17. The SMILES string of the molecule is O=C1CCc2cc(-c3ccc(Cl)c(Cl)c3)ccc2[N]1. The number of halogens is 2. The van der Waals surface area contributed by atoms with E-state index >= 15 is 0 Å². The average Bonchev–Trinajstić information content (AvgIpc) is 2.41. The third-order valence-electron chi connectivity index (χ3n) is 3.19. The molecule has 0 saturated heterocycles. The molecule has 0 fully saturated rings. The van der Waals surface area contributed by atoms with Crippen molar-refractivity contribution in [2.24, 2.45) is 0 Å². The molecule has 0 atom stereocenters. The molecule has 95 valence electrons. The van der Waals surface area contributed by atoms with Crippen LogP contribution in [-0.2, 0) is 11.2 Å². The van der Waals surface area contributed by atoms with Gasteiger partial charge in [-0.1, -0.05) is 35.3 Å². The zero-order valence-corrected chi connectivity index (χ0v) is 11.5. The lowest BCUT2D eigenvalue weighted by molar-refractivity contribution is -0.120. The van der Waals surface area contributed by atoms with Gasteiger partial charge in [0.15, 0.2) is 0 Å². The molecular weight excluding hydrogens is 281 g/mol. The summed E-state index contributed by atoms with van der Waals surface area (Å²) in [6, 6.07) is 11.4. The van der Waals surface area contributed by atoms with E-state index in [4.69, 9.17) is 23.2 Å². The second kappa shape index (κ2) is 4.87. The number of aryl methyl sites for hydroxylation is 1. The maximum Gasteiger partial charge on any atom is 0.246 e. The van der Waals surface area contributed by atoms with Gasteiger partial charge in [0.25, 0.3) is 0 Å². The number of carbonyl (C=O) groups excluding carboxylic acids is 1. The van der Waals surface area contributed by atoms with E-state index in [0.717, 1.165) is 28.8 Å². The molecule has 1 radical (unpaired) electrons. The minimum Gasteiger partial charge on any atom is -0.273 e. The summed E-state index contributed by atoms with van der Waals surface area (Å²) in [4.78, 5) is 11.3. The predicted octanol–water partition coefficient (Wildman–Crippen LogP) is 4.37. The van der Waals surface area contributed by atoms with Crippen LogP contribution in [0.25, 0.3) is 11.1 Å². The number of fused-ring (bicyclic) bond motifs is 1. The van der Waals surface area contributed by atoms with Crippen molar-refractivity contribution in [3.8, 4) is 11.1 Å². The van der Waals surface area contributed by atoms with Crippen molar-refractivity contribution in [1.29, 1.82) is 0 Å². The fourth-order valence-corrected chi connectivity index (χ4v) is 2.48. The molecule has 4 heteroatoms. The zero-order chi connectivity index (χ0) is 13.4. The molecule has 0 aromatic heterocycles. The van der Waals surface area contributed by atoms with Crippen molar-refractivity contribution in [1.82, 2.24) is 5.32 Å². The van der Waals surface area contributed by atoms with Gasteiger partial charge >= 0.3 is 0 Å². The summed E-state index contributed by atoms with van der Waals surface area (Å²) in [6.07, 6.45) is 1.23. The van der Waals surface area contributed by atoms with E-state index in [1.54, 1.807) is 6.07 Å². The standard InChI is InChI=1S/C15H10Cl2NO/c16-12-4-1-10(8-13(12)17)9-2-5-14-11(7-9)3-6-15(19)18-14/h1-2,4-5,7-8H,3,6H2. The Morgan fingerprint density at radius 2 is 1.63 bits per heavy atom. The van der Waals surface area contributed by atoms with Gasteiger partial charge in [-0.3, -0.25) is 4.79 Å². The summed E-state index contributed by atoms with van der Waals surface area (Å²) in [7, 11) is 0. The van der Waals surface area contributed by atoms with Gasteiger partial charge in [0.05, 0.1) is 15.7 Å². The van der Waals surface area contributed by atoms with Crippen molar-refractivity contribution in [2.75, 3.05) is 0 Å². The number of nitrogens with zero attached hydrogens (tertiary/aromatic N) is 1. The number of benzene rings is 2. The quantitative estimate of drug-likeness (QED) is 0.767. The second-order valence-corrected chi connectivity index (χ2v) is 5.29. The van der Waals surface area contributed by atoms with E-state index < -0.39 is 0 Å². The topological polar surface area (TPSA) is 31.2 Å². The van der Waals surface area contributed by atoms with Crippen LogP contribution in [-0.4, -0.2) is 5.91 Å². The Kier molecular flexibility index (Phi) is 3.21. The van der Waals surface area contributed by atoms with Gasteiger partial charge in [0.1, 0.15) is 0 Å². The van der Waals surface area contributed by atoms with Crippen LogP contribution < -0.4 is 5.32 Å². The number of carbonyl (C=O) groups is 1. The Bertz CT molecular complexity index is 667. The summed E-state index contributed by atoms with van der Waals surface area (Å²) in [5.74, 6) is -0.0465. The molecule has 2 aromatic rings. The molecule has 3 rings (SSSR count). The lowest BCUT2D eigenvalue weighted by atomic mass is 9.97. The molecule has 1 aliphatic heterocycles. The van der Waals surface area contributed by atoms with Gasteiger partial charge in [0, 0.05) is 6.42 Å². The Hall–Kier alpha value is -1.51. The molecule has 1 amide bonds. The highest BCUT2D eigenvalue weighted by molar-refractivity contribution is 6.42. The van der Waals surface area contributed by atoms with Crippen LogP contribution in [0.4, 0.5) is 5.69 Å². The van der Waals surface area contributed by atoms with E-state index in [0.29, 0.717) is 16.5 Å². The van der Waals surface area contributed by atoms with Crippen molar-refractivity contribution in [3.63, 3.8) is 0 Å². The third-order valence-corrected chi connectivity index (χ3v) is 3.92. The molecule has 0 spiro atoms. The first-order valence-electron chi connectivity index (χ1n) is 5.96. The fourth-order valence-electron chi connectivity index (χ4n) is 2.18. The minimum absolute atomic E-state index is 0.0465. The van der Waals surface area contributed by atoms with E-state index in [1.165, 1.54) is 0 Å². The van der Waals surface area contributed by atoms with E-state index in [1.807, 2.05) is 24.3 Å². The largest absolute Gasteiger partial charge is 0.273 e. The fraction of sp³-hybridized carbons (Fsp3) is 0.133. The number of hydrogen-bond donors (Lipinski definition) is 0. The first kappa shape index (κ1) is 12.5. The molecule has 1 aliphatic rings. The van der Waals surface area contributed by atoms with Crippen molar-refractivity contribution < 1.29 is 4.79 Å². The maximum absolute atomic E-state index is 11.3. The molecule has 19 heavy (non-hydrogen) atoms. The summed E-state index contributed by atoms with van der Waals surface area (Å²) in [5.41, 5.74) is 3.94. The monoisotopic (exact) mass is 290 g/mol. The Morgan fingerprint density at radius 1 is 0.895 bits per heavy atom. The summed E-state index contributed by atoms with van der Waals surface area (Å²) < 4.78 is 0. The highest BCUT2D eigenvalue weighted by Crippen LogP contribution is 2.32. The van der Waals surface area contributed by atoms with Gasteiger partial charge in [-0.05, 0) is 47.4 Å². The van der Waals surface area contributed by atoms with Crippen molar-refractivity contribution in [2.45, 2.75) is 12.8 Å². The molecule has 1 heterocycles. The van der Waals surface area contributed by atoms with Crippen LogP contribution >= 0.6 is 23.2 Å². The summed E-state index contributed by atoms with van der Waals surface area (Å²) in [5, 5.41) is 5.11. The van der Waals surface area contributed by atoms with Gasteiger partial charge < -0.3 is 0 Å². The molecule has 0 saturated carbocycles. The van der Waals surface area contributed by atoms with Crippen LogP contribution in [0.15, 0.2) is 36.4 Å². The zero-order valence-electron chi connectivity index (χ0n) is 9.99. The normalized spacial score (nSPS) is 13.9. The van der Waals surface area contributed by atoms with E-state index in [9.17, 15) is 4.79 Å². The number of rotatable bonds is 1. The molecule has 2 nitrogen and oxygen atoms in total. The highest BCUT2D eigenvalue weighted by atomic mass is 35.5. The third kappa shape index (κ3) is 2.46. The first-order chi connectivity index (χ1) is 9.13. The average molecular weight is 291 g/mol. The van der Waals surface area contributed by atoms with Crippen LogP contribution in [0.5, 0.6) is 0 Å². The Labute approximate surface area is 121 Å². The maximum atomic E-state index is 11.3. The second-order valence-electron chi connectivity index (χ2n) is 4.48. The van der Waals surface area contributed by atoms with Crippen molar-refractivity contribution >= 4 is 34.8 Å². The van der Waals surface area contributed by atoms with Gasteiger partial charge in [-0.25, -0.2) is 5.32 Å². The predicted molar refractivity (Wildman–Crippen MR) is 77.0 cm³/mol. The molecular formula is C15H10Cl2NO. The van der Waals surface area contributed by atoms with Crippen LogP contribution in [0, 0.1) is 0 Å². The van der Waals surface area contributed by atoms with E-state index in [2.05, 4.69) is 11.4 Å². The van der Waals surface area contributed by atoms with Gasteiger partial charge in [-0.2, -0.15) is 0 Å². The van der Waals surface area contributed by atoms with Gasteiger partial charge in [-0.15, -0.1) is 0 Å². The molecule has 0 N–H and O–H groups in total. The molecule has 2 aromatic carbocycles. The van der Waals surface area contributed by atoms with Crippen LogP contribution in [0.1, 0.15) is 12.0 Å². The minimum atomic E-state index is -0.0465. The molecule has 0 bridgehead atoms. The number of amides is 1. The summed E-state index contributed by atoms with van der Waals surface area (Å²) in [6.45, 7) is 0. The molecule has 0 unspecified atom stereocenters. The lowest BCUT2D eigenvalue weighted by Gasteiger charge is -2.15. The molecule has 0 aliphatic carbocycles. The van der Waals surface area contributed by atoms with Crippen LogP contribution in [0.3, 0.4) is 0 Å². The smallest absolute Gasteiger partial charge is 0.246 e. The van der Waals surface area contributed by atoms with Crippen LogP contribution in [0.2, 0.25) is 10.0 Å². The van der Waals surface area contributed by atoms with Gasteiger partial charge in [0.2, 0.25) is 5.91 Å². The Morgan fingerprint density at radius 3 is 2.42 bits per heavy atom. The number of hydrogen-bond acceptors (Lipinski definition) is 1. The summed E-state index contributed by atoms with van der Waals surface area (Å²) >= 11 is 11.9. The Balaban J connectivity index is 2.02. The lowest BCUT2D eigenvalue weighted by Crippen LogP contribution is -2.17. The van der Waals surface area contributed by atoms with Crippen molar-refractivity contribution in [3.05, 3.63) is 52.0 Å².